The zero-order chi connectivity index (χ0) is 18.0. The fraction of sp³-hybridized carbons (Fsp3) is 0.765. The fourth-order valence-electron chi connectivity index (χ4n) is 2.08. The Hall–Kier alpha value is -1.18. The van der Waals surface area contributed by atoms with Crippen LogP contribution in [0, 0.1) is 0 Å². The molecule has 0 amide bonds. The van der Waals surface area contributed by atoms with Crippen molar-refractivity contribution in [3.63, 3.8) is 0 Å². The number of nitrogens with zero attached hydrogens (tertiary/aromatic N) is 3. The van der Waals surface area contributed by atoms with Gasteiger partial charge in [0, 0.05) is 51.2 Å². The van der Waals surface area contributed by atoms with Crippen LogP contribution in [0.15, 0.2) is 10.4 Å². The smallest absolute Gasteiger partial charge is 0.191 e. The van der Waals surface area contributed by atoms with Crippen LogP contribution in [-0.4, -0.2) is 63.3 Å². The molecule has 1 aromatic heterocycles. The highest BCUT2D eigenvalue weighted by Gasteiger charge is 2.17. The van der Waals surface area contributed by atoms with Crippen molar-refractivity contribution in [3.8, 4) is 0 Å². The Kier molecular flexibility index (Phi) is 9.25. The first-order chi connectivity index (χ1) is 11.4. The normalized spacial score (nSPS) is 12.7. The molecule has 0 fully saturated rings. The maximum atomic E-state index is 5.07. The molecule has 1 heterocycles. The van der Waals surface area contributed by atoms with Crippen LogP contribution in [0.25, 0.3) is 0 Å². The van der Waals surface area contributed by atoms with Gasteiger partial charge in [-0.25, -0.2) is 4.98 Å². The molecular weight excluding hydrogens is 322 g/mol. The molecule has 138 valence electrons. The predicted octanol–water partition coefficient (Wildman–Crippen LogP) is 2.07. The summed E-state index contributed by atoms with van der Waals surface area (Å²) in [6, 6.07) is 0. The summed E-state index contributed by atoms with van der Waals surface area (Å²) in [5.41, 5.74) is 1.17. The predicted molar refractivity (Wildman–Crippen MR) is 103 cm³/mol. The second-order valence-corrected chi connectivity index (χ2v) is 7.75. The lowest BCUT2D eigenvalue weighted by Gasteiger charge is -2.18. The molecule has 1 aromatic rings. The molecule has 0 spiro atoms. The Bertz CT molecular complexity index is 495. The molecule has 0 saturated heterocycles. The number of rotatable bonds is 9. The van der Waals surface area contributed by atoms with Gasteiger partial charge in [0.05, 0.1) is 17.2 Å². The average Bonchev–Trinajstić information content (AvgIpc) is 3.00. The first kappa shape index (κ1) is 20.9. The summed E-state index contributed by atoms with van der Waals surface area (Å²) in [6.07, 6.45) is 1.06. The van der Waals surface area contributed by atoms with Gasteiger partial charge in [0.1, 0.15) is 0 Å². The molecule has 1 rings (SSSR count). The lowest BCUT2D eigenvalue weighted by molar-refractivity contribution is 0.180. The van der Waals surface area contributed by atoms with Gasteiger partial charge in [0.2, 0.25) is 0 Å². The first-order valence-corrected chi connectivity index (χ1v) is 9.31. The number of aliphatic imine (C=N–C) groups is 1. The van der Waals surface area contributed by atoms with Crippen LogP contribution >= 0.6 is 11.3 Å². The van der Waals surface area contributed by atoms with Crippen molar-refractivity contribution in [2.75, 3.05) is 47.4 Å². The van der Waals surface area contributed by atoms with Crippen LogP contribution in [0.3, 0.4) is 0 Å². The summed E-state index contributed by atoms with van der Waals surface area (Å²) in [4.78, 5) is 11.2. The third-order valence-electron chi connectivity index (χ3n) is 3.53. The van der Waals surface area contributed by atoms with Crippen LogP contribution in [-0.2, 0) is 16.7 Å². The Balaban J connectivity index is 2.29. The minimum absolute atomic E-state index is 0.107. The van der Waals surface area contributed by atoms with E-state index in [0.29, 0.717) is 6.54 Å². The van der Waals surface area contributed by atoms with Crippen molar-refractivity contribution in [2.45, 2.75) is 39.2 Å². The number of methoxy groups -OCH3 is 1. The van der Waals surface area contributed by atoms with Crippen molar-refractivity contribution in [2.24, 2.45) is 4.99 Å². The molecular formula is C17H33N5OS. The maximum Gasteiger partial charge on any atom is 0.191 e. The van der Waals surface area contributed by atoms with Crippen molar-refractivity contribution in [1.82, 2.24) is 20.5 Å². The van der Waals surface area contributed by atoms with Gasteiger partial charge < -0.3 is 20.3 Å². The van der Waals surface area contributed by atoms with Crippen molar-refractivity contribution in [1.29, 1.82) is 0 Å². The van der Waals surface area contributed by atoms with Crippen molar-refractivity contribution < 1.29 is 4.74 Å². The van der Waals surface area contributed by atoms with Gasteiger partial charge in [-0.2, -0.15) is 0 Å². The summed E-state index contributed by atoms with van der Waals surface area (Å²) in [5, 5.41) is 9.94. The van der Waals surface area contributed by atoms with Crippen LogP contribution in [0.5, 0.6) is 0 Å². The molecule has 0 aliphatic carbocycles. The van der Waals surface area contributed by atoms with Crippen LogP contribution < -0.4 is 10.6 Å². The number of thiazole rings is 1. The Morgan fingerprint density at radius 2 is 2.08 bits per heavy atom. The SMILES string of the molecule is CN=C(NCCN(C)CCCOC)NCc1csc(C(C)(C)C)n1. The molecule has 0 radical (unpaired) electrons. The number of likely N-dealkylation sites (N-methyl/N-ethyl adjacent to an activating group) is 1. The van der Waals surface area contributed by atoms with Gasteiger partial charge in [0.15, 0.2) is 5.96 Å². The van der Waals surface area contributed by atoms with Gasteiger partial charge in [-0.3, -0.25) is 4.99 Å². The lowest BCUT2D eigenvalue weighted by atomic mass is 9.98. The Morgan fingerprint density at radius 3 is 2.67 bits per heavy atom. The van der Waals surface area contributed by atoms with E-state index in [0.717, 1.165) is 44.3 Å². The highest BCUT2D eigenvalue weighted by Crippen LogP contribution is 2.25. The Labute approximate surface area is 150 Å². The number of aromatic nitrogens is 1. The van der Waals surface area contributed by atoms with Gasteiger partial charge in [-0.15, -0.1) is 11.3 Å². The van der Waals surface area contributed by atoms with Gasteiger partial charge in [0.25, 0.3) is 0 Å². The molecule has 0 aliphatic rings. The summed E-state index contributed by atoms with van der Waals surface area (Å²) in [6.45, 7) is 10.9. The molecule has 2 N–H and O–H groups in total. The van der Waals surface area contributed by atoms with E-state index in [-0.39, 0.29) is 5.41 Å². The standard InChI is InChI=1S/C17H33N5OS/c1-17(2,3)15-21-14(13-24-15)12-20-16(18-4)19-8-10-22(5)9-7-11-23-6/h13H,7-12H2,1-6H3,(H2,18,19,20). The topological polar surface area (TPSA) is 61.8 Å². The third kappa shape index (κ3) is 8.08. The van der Waals surface area contributed by atoms with Crippen molar-refractivity contribution in [3.05, 3.63) is 16.1 Å². The second-order valence-electron chi connectivity index (χ2n) is 6.90. The highest BCUT2D eigenvalue weighted by atomic mass is 32.1. The lowest BCUT2D eigenvalue weighted by Crippen LogP contribution is -2.40. The zero-order valence-electron chi connectivity index (χ0n) is 16.0. The van der Waals surface area contributed by atoms with E-state index in [1.807, 2.05) is 0 Å². The number of hydrogen-bond donors (Lipinski definition) is 2. The van der Waals surface area contributed by atoms with Crippen molar-refractivity contribution >= 4 is 17.3 Å². The van der Waals surface area contributed by atoms with E-state index in [1.165, 1.54) is 5.01 Å². The van der Waals surface area contributed by atoms with Gasteiger partial charge in [-0.1, -0.05) is 20.8 Å². The molecule has 0 aromatic carbocycles. The first-order valence-electron chi connectivity index (χ1n) is 8.43. The largest absolute Gasteiger partial charge is 0.385 e. The third-order valence-corrected chi connectivity index (χ3v) is 4.85. The van der Waals surface area contributed by atoms with E-state index < -0.39 is 0 Å². The Morgan fingerprint density at radius 1 is 1.33 bits per heavy atom. The quantitative estimate of drug-likeness (QED) is 0.403. The van der Waals surface area contributed by atoms with Crippen LogP contribution in [0.1, 0.15) is 37.9 Å². The molecule has 0 aliphatic heterocycles. The summed E-state index contributed by atoms with van der Waals surface area (Å²) < 4.78 is 5.07. The molecule has 0 unspecified atom stereocenters. The van der Waals surface area contributed by atoms with E-state index in [2.05, 4.69) is 53.7 Å². The minimum atomic E-state index is 0.107. The summed E-state index contributed by atoms with van der Waals surface area (Å²) in [7, 11) is 5.65. The highest BCUT2D eigenvalue weighted by molar-refractivity contribution is 7.09. The van der Waals surface area contributed by atoms with E-state index in [1.54, 1.807) is 25.5 Å². The maximum absolute atomic E-state index is 5.07. The second kappa shape index (κ2) is 10.6. The van der Waals surface area contributed by atoms with Crippen LogP contribution in [0.2, 0.25) is 0 Å². The number of nitrogens with one attached hydrogen (secondary N) is 2. The number of hydrogen-bond acceptors (Lipinski definition) is 5. The zero-order valence-corrected chi connectivity index (χ0v) is 16.8. The van der Waals surface area contributed by atoms with Gasteiger partial charge >= 0.3 is 0 Å². The molecule has 0 bridgehead atoms. The number of guanidine groups is 1. The van der Waals surface area contributed by atoms with Crippen LogP contribution in [0.4, 0.5) is 0 Å². The average molecular weight is 356 g/mol. The fourth-order valence-corrected chi connectivity index (χ4v) is 2.99. The molecule has 0 saturated carbocycles. The number of ether oxygens (including phenoxy) is 1. The monoisotopic (exact) mass is 355 g/mol. The van der Waals surface area contributed by atoms with Gasteiger partial charge in [-0.05, 0) is 13.5 Å². The summed E-state index contributed by atoms with van der Waals surface area (Å²) in [5.74, 6) is 0.811. The molecule has 7 heteroatoms. The molecule has 24 heavy (non-hydrogen) atoms. The minimum Gasteiger partial charge on any atom is -0.385 e. The van der Waals surface area contributed by atoms with E-state index in [9.17, 15) is 0 Å². The van der Waals surface area contributed by atoms with E-state index >= 15 is 0 Å². The van der Waals surface area contributed by atoms with E-state index in [4.69, 9.17) is 9.72 Å². The summed E-state index contributed by atoms with van der Waals surface area (Å²) >= 11 is 1.72. The molecule has 6 nitrogen and oxygen atoms in total. The molecule has 0 atom stereocenters.